The van der Waals surface area contributed by atoms with Crippen molar-refractivity contribution in [2.45, 2.75) is 51.6 Å². The number of piperidine rings is 2. The second-order valence-electron chi connectivity index (χ2n) is 7.59. The molecule has 2 aliphatic rings. The van der Waals surface area contributed by atoms with Crippen molar-refractivity contribution in [3.63, 3.8) is 0 Å². The normalized spacial score (nSPS) is 26.4. The number of hydrogen-bond acceptors (Lipinski definition) is 3. The smallest absolute Gasteiger partial charge is 0.335 e. The van der Waals surface area contributed by atoms with Crippen LogP contribution in [0, 0.1) is 5.92 Å². The van der Waals surface area contributed by atoms with Gasteiger partial charge in [0.05, 0.1) is 5.56 Å². The van der Waals surface area contributed by atoms with Gasteiger partial charge in [0.1, 0.15) is 0 Å². The largest absolute Gasteiger partial charge is 0.478 e. The summed E-state index contributed by atoms with van der Waals surface area (Å²) in [6.07, 6.45) is 6.72. The summed E-state index contributed by atoms with van der Waals surface area (Å²) in [4.78, 5) is 16.2. The molecule has 0 aliphatic carbocycles. The van der Waals surface area contributed by atoms with Crippen LogP contribution in [0.2, 0.25) is 0 Å². The number of benzene rings is 1. The fraction of sp³-hybridized carbons (Fsp3) is 0.650. The summed E-state index contributed by atoms with van der Waals surface area (Å²) in [5.74, 6) is -0.0761. The second kappa shape index (κ2) is 8.13. The Kier molecular flexibility index (Phi) is 5.90. The first-order valence-corrected chi connectivity index (χ1v) is 9.40. The summed E-state index contributed by atoms with van der Waals surface area (Å²) in [6, 6.07) is 8.10. The lowest BCUT2D eigenvalue weighted by Crippen LogP contribution is -2.45. The lowest BCUT2D eigenvalue weighted by molar-refractivity contribution is 0.0697. The number of carboxylic acid groups (broad SMARTS) is 1. The number of carboxylic acids is 1. The molecule has 2 unspecified atom stereocenters. The van der Waals surface area contributed by atoms with E-state index in [0.29, 0.717) is 5.56 Å². The van der Waals surface area contributed by atoms with Crippen LogP contribution in [0.3, 0.4) is 0 Å². The van der Waals surface area contributed by atoms with Gasteiger partial charge >= 0.3 is 5.97 Å². The molecule has 4 nitrogen and oxygen atoms in total. The van der Waals surface area contributed by atoms with Gasteiger partial charge in [-0.05, 0) is 69.3 Å². The Morgan fingerprint density at radius 3 is 2.62 bits per heavy atom. The maximum Gasteiger partial charge on any atom is 0.335 e. The minimum Gasteiger partial charge on any atom is -0.478 e. The van der Waals surface area contributed by atoms with Crippen LogP contribution in [-0.4, -0.2) is 53.1 Å². The van der Waals surface area contributed by atoms with Gasteiger partial charge in [-0.25, -0.2) is 4.79 Å². The van der Waals surface area contributed by atoms with Crippen LogP contribution in [0.1, 0.15) is 54.9 Å². The van der Waals surface area contributed by atoms with Crippen LogP contribution in [-0.2, 0) is 6.54 Å². The van der Waals surface area contributed by atoms with Gasteiger partial charge in [0.25, 0.3) is 0 Å². The third kappa shape index (κ3) is 4.58. The fourth-order valence-corrected chi connectivity index (χ4v) is 4.22. The Bertz CT molecular complexity index is 543. The third-order valence-corrected chi connectivity index (χ3v) is 5.64. The van der Waals surface area contributed by atoms with Gasteiger partial charge in [-0.2, -0.15) is 0 Å². The monoisotopic (exact) mass is 330 g/mol. The van der Waals surface area contributed by atoms with Crippen molar-refractivity contribution in [1.29, 1.82) is 0 Å². The zero-order chi connectivity index (χ0) is 16.9. The molecule has 2 saturated heterocycles. The maximum absolute atomic E-state index is 10.9. The molecule has 2 heterocycles. The molecule has 0 spiro atoms. The molecule has 0 radical (unpaired) electrons. The first-order chi connectivity index (χ1) is 11.6. The van der Waals surface area contributed by atoms with Crippen molar-refractivity contribution in [2.24, 2.45) is 5.92 Å². The van der Waals surface area contributed by atoms with Gasteiger partial charge in [0.2, 0.25) is 0 Å². The highest BCUT2D eigenvalue weighted by Gasteiger charge is 2.25. The van der Waals surface area contributed by atoms with Gasteiger partial charge in [-0.15, -0.1) is 0 Å². The van der Waals surface area contributed by atoms with E-state index in [1.807, 2.05) is 12.1 Å². The minimum atomic E-state index is -0.852. The van der Waals surface area contributed by atoms with Crippen molar-refractivity contribution in [2.75, 3.05) is 26.2 Å². The predicted octanol–water partition coefficient (Wildman–Crippen LogP) is 3.47. The highest BCUT2D eigenvalue weighted by Crippen LogP contribution is 2.23. The molecule has 24 heavy (non-hydrogen) atoms. The van der Waals surface area contributed by atoms with Crippen molar-refractivity contribution in [1.82, 2.24) is 9.80 Å². The van der Waals surface area contributed by atoms with Crippen LogP contribution in [0.4, 0.5) is 0 Å². The number of aromatic carboxylic acids is 1. The molecule has 2 fully saturated rings. The molecular formula is C20H30N2O2. The zero-order valence-corrected chi connectivity index (χ0v) is 14.8. The molecule has 3 rings (SSSR count). The summed E-state index contributed by atoms with van der Waals surface area (Å²) in [5, 5.41) is 8.99. The van der Waals surface area contributed by atoms with Gasteiger partial charge in [0, 0.05) is 25.7 Å². The zero-order valence-electron chi connectivity index (χ0n) is 14.8. The Morgan fingerprint density at radius 2 is 1.92 bits per heavy atom. The number of nitrogens with zero attached hydrogens (tertiary/aromatic N) is 2. The first-order valence-electron chi connectivity index (χ1n) is 9.40. The molecule has 2 aliphatic heterocycles. The van der Waals surface area contributed by atoms with Crippen LogP contribution < -0.4 is 0 Å². The van der Waals surface area contributed by atoms with E-state index < -0.39 is 5.97 Å². The fourth-order valence-electron chi connectivity index (χ4n) is 4.22. The topological polar surface area (TPSA) is 43.8 Å². The molecule has 0 aromatic heterocycles. The molecule has 1 aromatic rings. The van der Waals surface area contributed by atoms with E-state index in [9.17, 15) is 4.79 Å². The lowest BCUT2D eigenvalue weighted by Gasteiger charge is -2.39. The first kappa shape index (κ1) is 17.4. The number of carbonyl (C=O) groups is 1. The van der Waals surface area contributed by atoms with E-state index in [0.717, 1.165) is 25.0 Å². The maximum atomic E-state index is 10.9. The molecule has 1 aromatic carbocycles. The van der Waals surface area contributed by atoms with Gasteiger partial charge in [-0.1, -0.05) is 18.6 Å². The quantitative estimate of drug-likeness (QED) is 0.898. The average Bonchev–Trinajstić information content (AvgIpc) is 2.58. The van der Waals surface area contributed by atoms with E-state index in [4.69, 9.17) is 5.11 Å². The summed E-state index contributed by atoms with van der Waals surface area (Å²) in [5.41, 5.74) is 1.58. The molecule has 0 bridgehead atoms. The molecular weight excluding hydrogens is 300 g/mol. The highest BCUT2D eigenvalue weighted by atomic mass is 16.4. The Balaban J connectivity index is 1.52. The highest BCUT2D eigenvalue weighted by molar-refractivity contribution is 5.87. The number of likely N-dealkylation sites (tertiary alicyclic amines) is 2. The Labute approximate surface area is 145 Å². The van der Waals surface area contributed by atoms with Crippen LogP contribution in [0.15, 0.2) is 24.3 Å². The van der Waals surface area contributed by atoms with E-state index in [2.05, 4.69) is 16.7 Å². The van der Waals surface area contributed by atoms with Gasteiger partial charge in [-0.3, -0.25) is 4.90 Å². The average molecular weight is 330 g/mol. The predicted molar refractivity (Wildman–Crippen MR) is 96.3 cm³/mol. The van der Waals surface area contributed by atoms with Crippen molar-refractivity contribution in [3.05, 3.63) is 35.4 Å². The second-order valence-corrected chi connectivity index (χ2v) is 7.59. The molecule has 2 atom stereocenters. The van der Waals surface area contributed by atoms with Crippen molar-refractivity contribution in [3.8, 4) is 0 Å². The third-order valence-electron chi connectivity index (χ3n) is 5.64. The summed E-state index contributed by atoms with van der Waals surface area (Å²) < 4.78 is 0. The van der Waals surface area contributed by atoms with Crippen molar-refractivity contribution >= 4 is 5.97 Å². The van der Waals surface area contributed by atoms with E-state index in [1.165, 1.54) is 57.3 Å². The summed E-state index contributed by atoms with van der Waals surface area (Å²) in [7, 11) is 0. The number of rotatable bonds is 5. The number of hydrogen-bond donors (Lipinski definition) is 1. The van der Waals surface area contributed by atoms with Gasteiger partial charge < -0.3 is 10.0 Å². The van der Waals surface area contributed by atoms with E-state index in [-0.39, 0.29) is 0 Å². The minimum absolute atomic E-state index is 0.370. The molecule has 0 saturated carbocycles. The molecule has 1 N–H and O–H groups in total. The Morgan fingerprint density at radius 1 is 1.12 bits per heavy atom. The van der Waals surface area contributed by atoms with Crippen LogP contribution >= 0.6 is 0 Å². The molecule has 132 valence electrons. The van der Waals surface area contributed by atoms with Crippen LogP contribution in [0.25, 0.3) is 0 Å². The summed E-state index contributed by atoms with van der Waals surface area (Å²) >= 11 is 0. The van der Waals surface area contributed by atoms with Crippen LogP contribution in [0.5, 0.6) is 0 Å². The van der Waals surface area contributed by atoms with E-state index in [1.54, 1.807) is 12.1 Å². The Hall–Kier alpha value is -1.39. The van der Waals surface area contributed by atoms with Gasteiger partial charge in [0.15, 0.2) is 0 Å². The summed E-state index contributed by atoms with van der Waals surface area (Å²) in [6.45, 7) is 8.16. The standard InChI is InChI=1S/C20H30N2O2/c1-16-5-2-3-12-22(16)15-18-6-4-11-21(14-18)13-17-7-9-19(10-8-17)20(23)24/h7-10,16,18H,2-6,11-15H2,1H3,(H,23,24). The molecule has 4 heteroatoms. The van der Waals surface area contributed by atoms with E-state index >= 15 is 0 Å². The SMILES string of the molecule is CC1CCCCN1CC1CCCN(Cc2ccc(C(=O)O)cc2)C1. The lowest BCUT2D eigenvalue weighted by atomic mass is 9.94. The molecule has 0 amide bonds. The van der Waals surface area contributed by atoms with Crippen molar-refractivity contribution < 1.29 is 9.90 Å².